The lowest BCUT2D eigenvalue weighted by Gasteiger charge is -2.16. The molecule has 0 aliphatic rings. The average molecular weight is 231 g/mol. The van der Waals surface area contributed by atoms with Crippen LogP contribution in [0.3, 0.4) is 0 Å². The second-order valence-electron chi connectivity index (χ2n) is 4.03. The highest BCUT2D eigenvalue weighted by atomic mass is 16.3. The largest absolute Gasteiger partial charge is 0.398 e. The van der Waals surface area contributed by atoms with Crippen LogP contribution in [0.5, 0.6) is 0 Å². The summed E-state index contributed by atoms with van der Waals surface area (Å²) in [7, 11) is 0. The van der Waals surface area contributed by atoms with Gasteiger partial charge in [-0.2, -0.15) is 0 Å². The molecule has 1 aromatic carbocycles. The van der Waals surface area contributed by atoms with Gasteiger partial charge in [-0.3, -0.25) is 0 Å². The smallest absolute Gasteiger partial charge is 0.134 e. The molecule has 2 rings (SSSR count). The molecule has 1 heterocycles. The molecule has 0 radical (unpaired) electrons. The molecule has 0 saturated heterocycles. The predicted octanol–water partition coefficient (Wildman–Crippen LogP) is 2.00. The summed E-state index contributed by atoms with van der Waals surface area (Å²) in [6, 6.07) is 7.68. The molecule has 4 N–H and O–H groups in total. The Morgan fingerprint density at radius 2 is 2.18 bits per heavy atom. The van der Waals surface area contributed by atoms with Gasteiger partial charge in [0, 0.05) is 22.7 Å². The standard InChI is InChI=1S/C13H17N3O/c1-2-9(8-17)16-13-11-4-3-5-12(14)10(11)6-7-15-13/h3-7,9,17H,2,8,14H2,1H3,(H,15,16). The molecule has 17 heavy (non-hydrogen) atoms. The Bertz CT molecular complexity index is 509. The number of aliphatic hydroxyl groups is 1. The van der Waals surface area contributed by atoms with Crippen molar-refractivity contribution in [1.29, 1.82) is 0 Å². The Hall–Kier alpha value is -1.81. The van der Waals surface area contributed by atoms with E-state index < -0.39 is 0 Å². The summed E-state index contributed by atoms with van der Waals surface area (Å²) in [5.41, 5.74) is 6.66. The van der Waals surface area contributed by atoms with Crippen molar-refractivity contribution in [2.24, 2.45) is 0 Å². The van der Waals surface area contributed by atoms with E-state index in [4.69, 9.17) is 5.73 Å². The van der Waals surface area contributed by atoms with Gasteiger partial charge in [-0.1, -0.05) is 19.1 Å². The minimum Gasteiger partial charge on any atom is -0.398 e. The van der Waals surface area contributed by atoms with Crippen molar-refractivity contribution in [3.05, 3.63) is 30.5 Å². The van der Waals surface area contributed by atoms with Gasteiger partial charge in [-0.15, -0.1) is 0 Å². The highest BCUT2D eigenvalue weighted by molar-refractivity contribution is 5.99. The fourth-order valence-corrected chi connectivity index (χ4v) is 1.82. The summed E-state index contributed by atoms with van der Waals surface area (Å²) in [5.74, 6) is 0.774. The summed E-state index contributed by atoms with van der Waals surface area (Å²) in [6.07, 6.45) is 2.57. The molecule has 0 amide bonds. The van der Waals surface area contributed by atoms with Gasteiger partial charge >= 0.3 is 0 Å². The zero-order chi connectivity index (χ0) is 12.3. The number of pyridine rings is 1. The van der Waals surface area contributed by atoms with E-state index in [2.05, 4.69) is 10.3 Å². The summed E-state index contributed by atoms with van der Waals surface area (Å²) in [6.45, 7) is 2.12. The summed E-state index contributed by atoms with van der Waals surface area (Å²) >= 11 is 0. The first-order valence-electron chi connectivity index (χ1n) is 5.77. The summed E-state index contributed by atoms with van der Waals surface area (Å²) < 4.78 is 0. The zero-order valence-corrected chi connectivity index (χ0v) is 9.85. The third kappa shape index (κ3) is 2.31. The van der Waals surface area contributed by atoms with Crippen LogP contribution >= 0.6 is 0 Å². The second kappa shape index (κ2) is 5.01. The molecule has 0 aliphatic heterocycles. The van der Waals surface area contributed by atoms with Gasteiger partial charge < -0.3 is 16.2 Å². The number of nitrogen functional groups attached to an aromatic ring is 1. The van der Waals surface area contributed by atoms with Gasteiger partial charge in [0.05, 0.1) is 12.6 Å². The second-order valence-corrected chi connectivity index (χ2v) is 4.03. The third-order valence-corrected chi connectivity index (χ3v) is 2.89. The number of hydrogen-bond donors (Lipinski definition) is 3. The van der Waals surface area contributed by atoms with Gasteiger partial charge in [0.25, 0.3) is 0 Å². The van der Waals surface area contributed by atoms with Crippen LogP contribution in [0.4, 0.5) is 11.5 Å². The molecule has 2 aromatic rings. The van der Waals surface area contributed by atoms with Gasteiger partial charge in [0.1, 0.15) is 5.82 Å². The van der Waals surface area contributed by atoms with Gasteiger partial charge in [-0.25, -0.2) is 4.98 Å². The van der Waals surface area contributed by atoms with Crippen LogP contribution in [0.25, 0.3) is 10.8 Å². The van der Waals surface area contributed by atoms with Crippen LogP contribution in [0.2, 0.25) is 0 Å². The number of nitrogens with one attached hydrogen (secondary N) is 1. The molecular weight excluding hydrogens is 214 g/mol. The lowest BCUT2D eigenvalue weighted by atomic mass is 10.1. The molecule has 0 bridgehead atoms. The van der Waals surface area contributed by atoms with Gasteiger partial charge in [0.2, 0.25) is 0 Å². The van der Waals surface area contributed by atoms with E-state index in [-0.39, 0.29) is 12.6 Å². The van der Waals surface area contributed by atoms with Gasteiger partial charge in [0.15, 0.2) is 0 Å². The lowest BCUT2D eigenvalue weighted by molar-refractivity contribution is 0.271. The van der Waals surface area contributed by atoms with Crippen molar-refractivity contribution in [1.82, 2.24) is 4.98 Å². The van der Waals surface area contributed by atoms with Crippen molar-refractivity contribution < 1.29 is 5.11 Å². The molecule has 1 atom stereocenters. The number of anilines is 2. The van der Waals surface area contributed by atoms with E-state index in [1.54, 1.807) is 6.20 Å². The number of hydrogen-bond acceptors (Lipinski definition) is 4. The van der Waals surface area contributed by atoms with Crippen LogP contribution < -0.4 is 11.1 Å². The number of nitrogens with two attached hydrogens (primary N) is 1. The number of benzene rings is 1. The number of nitrogens with zero attached hydrogens (tertiary/aromatic N) is 1. The Kier molecular flexibility index (Phi) is 3.44. The molecule has 4 nitrogen and oxygen atoms in total. The van der Waals surface area contributed by atoms with Gasteiger partial charge in [-0.05, 0) is 18.6 Å². The topological polar surface area (TPSA) is 71.2 Å². The lowest BCUT2D eigenvalue weighted by Crippen LogP contribution is -2.23. The van der Waals surface area contributed by atoms with Crippen molar-refractivity contribution in [3.63, 3.8) is 0 Å². The van der Waals surface area contributed by atoms with E-state index in [1.165, 1.54) is 0 Å². The quantitative estimate of drug-likeness (QED) is 0.704. The molecular formula is C13H17N3O. The maximum absolute atomic E-state index is 9.20. The minimum absolute atomic E-state index is 0.0227. The Labute approximate surface area is 100 Å². The number of aromatic nitrogens is 1. The molecule has 0 fully saturated rings. The fourth-order valence-electron chi connectivity index (χ4n) is 1.82. The predicted molar refractivity (Wildman–Crippen MR) is 70.9 cm³/mol. The first-order chi connectivity index (χ1) is 8.26. The first-order valence-corrected chi connectivity index (χ1v) is 5.77. The zero-order valence-electron chi connectivity index (χ0n) is 9.85. The van der Waals surface area contributed by atoms with Crippen LogP contribution in [-0.4, -0.2) is 22.7 Å². The minimum atomic E-state index is 0.0227. The summed E-state index contributed by atoms with van der Waals surface area (Å²) in [4.78, 5) is 4.31. The van der Waals surface area contributed by atoms with Crippen molar-refractivity contribution in [3.8, 4) is 0 Å². The van der Waals surface area contributed by atoms with Crippen LogP contribution in [0, 0.1) is 0 Å². The van der Waals surface area contributed by atoms with E-state index in [0.29, 0.717) is 0 Å². The Morgan fingerprint density at radius 1 is 1.35 bits per heavy atom. The average Bonchev–Trinajstić information content (AvgIpc) is 2.37. The molecule has 1 aromatic heterocycles. The van der Waals surface area contributed by atoms with E-state index >= 15 is 0 Å². The molecule has 1 unspecified atom stereocenters. The normalized spacial score (nSPS) is 12.6. The van der Waals surface area contributed by atoms with Crippen LogP contribution in [-0.2, 0) is 0 Å². The number of fused-ring (bicyclic) bond motifs is 1. The van der Waals surface area contributed by atoms with E-state index in [1.807, 2.05) is 31.2 Å². The molecule has 0 saturated carbocycles. The van der Waals surface area contributed by atoms with Crippen LogP contribution in [0.15, 0.2) is 30.5 Å². The molecule has 4 heteroatoms. The summed E-state index contributed by atoms with van der Waals surface area (Å²) in [5, 5.41) is 14.4. The van der Waals surface area contributed by atoms with Crippen LogP contribution in [0.1, 0.15) is 13.3 Å². The number of rotatable bonds is 4. The van der Waals surface area contributed by atoms with Crippen molar-refractivity contribution in [2.45, 2.75) is 19.4 Å². The SMILES string of the molecule is CCC(CO)Nc1nccc2c(N)cccc12. The maximum Gasteiger partial charge on any atom is 0.134 e. The van der Waals surface area contributed by atoms with E-state index in [0.717, 1.165) is 28.7 Å². The van der Waals surface area contributed by atoms with E-state index in [9.17, 15) is 5.11 Å². The monoisotopic (exact) mass is 231 g/mol. The third-order valence-electron chi connectivity index (χ3n) is 2.89. The fraction of sp³-hybridized carbons (Fsp3) is 0.308. The highest BCUT2D eigenvalue weighted by Gasteiger charge is 2.08. The molecule has 90 valence electrons. The highest BCUT2D eigenvalue weighted by Crippen LogP contribution is 2.26. The van der Waals surface area contributed by atoms with Crippen molar-refractivity contribution in [2.75, 3.05) is 17.7 Å². The molecule has 0 aliphatic carbocycles. The molecule has 0 spiro atoms. The maximum atomic E-state index is 9.20. The Morgan fingerprint density at radius 3 is 2.88 bits per heavy atom. The Balaban J connectivity index is 2.44. The number of aliphatic hydroxyl groups excluding tert-OH is 1. The first kappa shape index (κ1) is 11.7. The van der Waals surface area contributed by atoms with Crippen molar-refractivity contribution >= 4 is 22.3 Å².